The second-order valence-electron chi connectivity index (χ2n) is 7.13. The number of nitriles is 1. The van der Waals surface area contributed by atoms with Gasteiger partial charge in [0.2, 0.25) is 0 Å². The van der Waals surface area contributed by atoms with E-state index < -0.39 is 0 Å². The third kappa shape index (κ3) is 3.68. The number of hydrogen-bond acceptors (Lipinski definition) is 4. The Bertz CT molecular complexity index is 1230. The highest BCUT2D eigenvalue weighted by molar-refractivity contribution is 8.18. The van der Waals surface area contributed by atoms with Crippen LogP contribution >= 0.6 is 11.8 Å². The number of carbonyl (C=O) groups excluding carboxylic acids is 2. The van der Waals surface area contributed by atoms with Crippen LogP contribution in [-0.4, -0.2) is 20.6 Å². The van der Waals surface area contributed by atoms with Gasteiger partial charge in [-0.05, 0) is 67.1 Å². The summed E-state index contributed by atoms with van der Waals surface area (Å²) in [7, 11) is 0. The summed E-state index contributed by atoms with van der Waals surface area (Å²) in [6.45, 7) is 4.18. The zero-order valence-corrected chi connectivity index (χ0v) is 17.4. The van der Waals surface area contributed by atoms with Crippen molar-refractivity contribution in [2.45, 2.75) is 20.4 Å². The lowest BCUT2D eigenvalue weighted by molar-refractivity contribution is -0.123. The molecule has 5 nitrogen and oxygen atoms in total. The number of benzene rings is 2. The third-order valence-corrected chi connectivity index (χ3v) is 5.92. The summed E-state index contributed by atoms with van der Waals surface area (Å²) in [6.07, 6.45) is 3.69. The van der Waals surface area contributed by atoms with Crippen molar-refractivity contribution in [2.75, 3.05) is 0 Å². The van der Waals surface area contributed by atoms with Gasteiger partial charge in [0.15, 0.2) is 0 Å². The molecule has 30 heavy (non-hydrogen) atoms. The van der Waals surface area contributed by atoms with Crippen molar-refractivity contribution in [3.8, 4) is 11.8 Å². The Morgan fingerprint density at radius 2 is 1.87 bits per heavy atom. The summed E-state index contributed by atoms with van der Waals surface area (Å²) in [4.78, 5) is 27.0. The molecule has 0 bridgehead atoms. The molecule has 0 saturated carbocycles. The van der Waals surface area contributed by atoms with E-state index in [1.807, 2.05) is 48.9 Å². The van der Waals surface area contributed by atoms with Gasteiger partial charge in [0.25, 0.3) is 11.1 Å². The van der Waals surface area contributed by atoms with E-state index in [1.54, 1.807) is 30.3 Å². The van der Waals surface area contributed by atoms with Crippen LogP contribution in [0.5, 0.6) is 0 Å². The van der Waals surface area contributed by atoms with Crippen molar-refractivity contribution < 1.29 is 9.59 Å². The lowest BCUT2D eigenvalue weighted by atomic mass is 10.1. The Labute approximate surface area is 179 Å². The fourth-order valence-corrected chi connectivity index (χ4v) is 4.34. The quantitative estimate of drug-likeness (QED) is 0.551. The third-order valence-electron chi connectivity index (χ3n) is 5.01. The van der Waals surface area contributed by atoms with Gasteiger partial charge in [0, 0.05) is 17.6 Å². The summed E-state index contributed by atoms with van der Waals surface area (Å²) >= 11 is 0.926. The Kier molecular flexibility index (Phi) is 5.30. The van der Waals surface area contributed by atoms with Crippen LogP contribution < -0.4 is 0 Å². The van der Waals surface area contributed by atoms with Crippen LogP contribution in [0, 0.1) is 25.2 Å². The van der Waals surface area contributed by atoms with Crippen molar-refractivity contribution in [3.05, 3.63) is 93.6 Å². The summed E-state index contributed by atoms with van der Waals surface area (Å²) in [5.41, 5.74) is 5.28. The van der Waals surface area contributed by atoms with Crippen LogP contribution in [-0.2, 0) is 11.3 Å². The molecule has 2 aromatic carbocycles. The summed E-state index contributed by atoms with van der Waals surface area (Å²) in [5.74, 6) is -0.342. The molecule has 0 radical (unpaired) electrons. The van der Waals surface area contributed by atoms with Gasteiger partial charge in [0.1, 0.15) is 0 Å². The molecule has 0 atom stereocenters. The van der Waals surface area contributed by atoms with E-state index in [4.69, 9.17) is 0 Å². The zero-order chi connectivity index (χ0) is 21.3. The van der Waals surface area contributed by atoms with Gasteiger partial charge in [-0.25, -0.2) is 0 Å². The van der Waals surface area contributed by atoms with Crippen LogP contribution in [0.15, 0.2) is 65.7 Å². The first-order valence-corrected chi connectivity index (χ1v) is 10.3. The molecule has 0 aliphatic carbocycles. The number of aromatic nitrogens is 1. The molecule has 2 amide bonds. The maximum Gasteiger partial charge on any atom is 0.293 e. The van der Waals surface area contributed by atoms with Gasteiger partial charge in [-0.15, -0.1) is 0 Å². The minimum Gasteiger partial charge on any atom is -0.317 e. The second kappa shape index (κ2) is 8.05. The Morgan fingerprint density at radius 1 is 1.07 bits per heavy atom. The number of amides is 2. The molecule has 0 spiro atoms. The molecule has 0 N–H and O–H groups in total. The highest BCUT2D eigenvalue weighted by Gasteiger charge is 2.35. The summed E-state index contributed by atoms with van der Waals surface area (Å²) in [5, 5.41) is 8.94. The molecule has 4 rings (SSSR count). The summed E-state index contributed by atoms with van der Waals surface area (Å²) in [6, 6.07) is 19.1. The minimum atomic E-state index is -0.342. The Hall–Kier alpha value is -3.56. The van der Waals surface area contributed by atoms with Gasteiger partial charge in [-0.1, -0.05) is 35.9 Å². The molecule has 0 unspecified atom stereocenters. The molecular formula is C24H19N3O2S. The van der Waals surface area contributed by atoms with Crippen LogP contribution in [0.25, 0.3) is 11.8 Å². The first-order chi connectivity index (χ1) is 14.5. The van der Waals surface area contributed by atoms with E-state index in [2.05, 4.69) is 12.1 Å². The van der Waals surface area contributed by atoms with E-state index >= 15 is 0 Å². The van der Waals surface area contributed by atoms with Crippen molar-refractivity contribution in [2.24, 2.45) is 0 Å². The van der Waals surface area contributed by atoms with Gasteiger partial charge in [-0.2, -0.15) is 5.26 Å². The molecule has 1 fully saturated rings. The van der Waals surface area contributed by atoms with Crippen LogP contribution in [0.4, 0.5) is 4.79 Å². The van der Waals surface area contributed by atoms with E-state index in [0.717, 1.165) is 28.7 Å². The smallest absolute Gasteiger partial charge is 0.293 e. The highest BCUT2D eigenvalue weighted by atomic mass is 32.2. The second-order valence-corrected chi connectivity index (χ2v) is 8.12. The fourth-order valence-electron chi connectivity index (χ4n) is 3.51. The Balaban J connectivity index is 1.64. The SMILES string of the molecule is Cc1ccc(-n2cccc2/C=C2/SC(=O)N(Cc3ccccc3C#N)C2=O)c(C)c1. The molecule has 2 heterocycles. The van der Waals surface area contributed by atoms with Gasteiger partial charge in [0.05, 0.1) is 23.1 Å². The Morgan fingerprint density at radius 3 is 2.63 bits per heavy atom. The van der Waals surface area contributed by atoms with Crippen LogP contribution in [0.3, 0.4) is 0 Å². The molecule has 1 aliphatic rings. The topological polar surface area (TPSA) is 66.1 Å². The molecular weight excluding hydrogens is 394 g/mol. The van der Waals surface area contributed by atoms with Crippen LogP contribution in [0.2, 0.25) is 0 Å². The molecule has 3 aromatic rings. The average Bonchev–Trinajstić information content (AvgIpc) is 3.28. The molecule has 1 saturated heterocycles. The molecule has 1 aliphatic heterocycles. The lowest BCUT2D eigenvalue weighted by Crippen LogP contribution is -2.27. The number of imide groups is 1. The maximum absolute atomic E-state index is 12.9. The predicted molar refractivity (Wildman–Crippen MR) is 118 cm³/mol. The first-order valence-electron chi connectivity index (χ1n) is 9.46. The number of nitrogens with zero attached hydrogens (tertiary/aromatic N) is 3. The number of rotatable bonds is 4. The van der Waals surface area contributed by atoms with Crippen molar-refractivity contribution >= 4 is 29.0 Å². The van der Waals surface area contributed by atoms with E-state index in [1.165, 1.54) is 10.5 Å². The monoisotopic (exact) mass is 413 g/mol. The van der Waals surface area contributed by atoms with E-state index in [9.17, 15) is 14.9 Å². The van der Waals surface area contributed by atoms with E-state index in [-0.39, 0.29) is 17.7 Å². The maximum atomic E-state index is 12.9. The van der Waals surface area contributed by atoms with Crippen molar-refractivity contribution in [1.29, 1.82) is 5.26 Å². The standard InChI is InChI=1S/C24H19N3O2S/c1-16-9-10-21(17(2)12-16)26-11-5-8-20(26)13-22-23(28)27(24(29)30-22)15-19-7-4-3-6-18(19)14-25/h3-13H,15H2,1-2H3/b22-13+. The largest absolute Gasteiger partial charge is 0.317 e. The first kappa shape index (κ1) is 19.7. The minimum absolute atomic E-state index is 0.0871. The van der Waals surface area contributed by atoms with Gasteiger partial charge >= 0.3 is 0 Å². The molecule has 1 aromatic heterocycles. The number of hydrogen-bond donors (Lipinski definition) is 0. The highest BCUT2D eigenvalue weighted by Crippen LogP contribution is 2.34. The van der Waals surface area contributed by atoms with Gasteiger partial charge in [-0.3, -0.25) is 14.5 Å². The van der Waals surface area contributed by atoms with Crippen molar-refractivity contribution in [3.63, 3.8) is 0 Å². The number of carbonyl (C=O) groups is 2. The molecule has 148 valence electrons. The normalized spacial score (nSPS) is 15.1. The number of thioether (sulfide) groups is 1. The average molecular weight is 414 g/mol. The predicted octanol–water partition coefficient (Wildman–Crippen LogP) is 5.20. The van der Waals surface area contributed by atoms with Crippen LogP contribution in [0.1, 0.15) is 27.9 Å². The summed E-state index contributed by atoms with van der Waals surface area (Å²) < 4.78 is 2.01. The number of aryl methyl sites for hydroxylation is 2. The van der Waals surface area contributed by atoms with Crippen molar-refractivity contribution in [1.82, 2.24) is 9.47 Å². The van der Waals surface area contributed by atoms with Gasteiger partial charge < -0.3 is 4.57 Å². The lowest BCUT2D eigenvalue weighted by Gasteiger charge is -2.13. The molecule has 6 heteroatoms. The zero-order valence-electron chi connectivity index (χ0n) is 16.6. The fraction of sp³-hybridized carbons (Fsp3) is 0.125. The van der Waals surface area contributed by atoms with E-state index in [0.29, 0.717) is 16.0 Å².